The summed E-state index contributed by atoms with van der Waals surface area (Å²) in [6.45, 7) is 3.89. The lowest BCUT2D eigenvalue weighted by atomic mass is 9.68. The van der Waals surface area contributed by atoms with Crippen LogP contribution >= 0.6 is 0 Å². The second-order valence-electron chi connectivity index (χ2n) is 8.24. The number of hydrogen-bond acceptors (Lipinski definition) is 1. The van der Waals surface area contributed by atoms with E-state index in [1.807, 2.05) is 0 Å². The molecule has 2 saturated carbocycles. The largest absolute Gasteiger partial charge is 0.388 e. The second kappa shape index (κ2) is 7.51. The van der Waals surface area contributed by atoms with Crippen molar-refractivity contribution in [1.82, 2.24) is 0 Å². The summed E-state index contributed by atoms with van der Waals surface area (Å²) in [4.78, 5) is 0. The molecule has 0 radical (unpaired) electrons. The summed E-state index contributed by atoms with van der Waals surface area (Å²) < 4.78 is 27.9. The minimum absolute atomic E-state index is 0. The molecule has 0 heterocycles. The van der Waals surface area contributed by atoms with Gasteiger partial charge in [0.15, 0.2) is 11.6 Å². The van der Waals surface area contributed by atoms with Crippen molar-refractivity contribution in [3.05, 3.63) is 34.9 Å². The average molecular weight is 340 g/mol. The fraction of sp³-hybridized carbons (Fsp3) is 0.714. The third-order valence-corrected chi connectivity index (χ3v) is 6.61. The molecule has 1 aromatic carbocycles. The van der Waals surface area contributed by atoms with Gasteiger partial charge in [-0.2, -0.15) is 0 Å². The molecule has 0 spiro atoms. The highest BCUT2D eigenvalue weighted by Crippen LogP contribution is 2.44. The van der Waals surface area contributed by atoms with Crippen molar-refractivity contribution in [2.75, 3.05) is 0 Å². The average Bonchev–Trinajstić information content (AvgIpc) is 2.60. The number of rotatable bonds is 3. The second-order valence-corrected chi connectivity index (χ2v) is 8.24. The molecule has 1 N–H and O–H groups in total. The van der Waals surface area contributed by atoms with Crippen LogP contribution in [-0.2, 0) is 0 Å². The molecule has 0 aromatic heterocycles. The Morgan fingerprint density at radius 1 is 0.917 bits per heavy atom. The van der Waals surface area contributed by atoms with E-state index in [0.717, 1.165) is 43.4 Å². The van der Waals surface area contributed by atoms with Gasteiger partial charge < -0.3 is 5.11 Å². The minimum atomic E-state index is -0.882. The third kappa shape index (κ3) is 3.66. The SMILES string of the molecule is Cc1ccc(C(O)C2CCC(C3CCC(C)CC3)CC2)c(F)c1F.[HH].[HH]. The zero-order chi connectivity index (χ0) is 17.3. The van der Waals surface area contributed by atoms with Crippen LogP contribution in [0.5, 0.6) is 0 Å². The van der Waals surface area contributed by atoms with Crippen LogP contribution in [0.3, 0.4) is 0 Å². The van der Waals surface area contributed by atoms with E-state index >= 15 is 0 Å². The Bertz CT molecular complexity index is 565. The molecule has 138 valence electrons. The van der Waals surface area contributed by atoms with E-state index in [-0.39, 0.29) is 14.3 Å². The normalized spacial score (nSPS) is 32.5. The van der Waals surface area contributed by atoms with Crippen LogP contribution in [0.25, 0.3) is 0 Å². The first-order chi connectivity index (χ1) is 11.5. The highest BCUT2D eigenvalue weighted by molar-refractivity contribution is 5.27. The molecule has 2 fully saturated rings. The van der Waals surface area contributed by atoms with Crippen molar-refractivity contribution >= 4 is 0 Å². The summed E-state index contributed by atoms with van der Waals surface area (Å²) in [7, 11) is 0. The number of aryl methyl sites for hydroxylation is 1. The minimum Gasteiger partial charge on any atom is -0.388 e. The van der Waals surface area contributed by atoms with Gasteiger partial charge in [0.25, 0.3) is 0 Å². The Hall–Kier alpha value is -0.960. The Balaban J connectivity index is 0.00000169. The van der Waals surface area contributed by atoms with Crippen molar-refractivity contribution in [3.8, 4) is 0 Å². The molecule has 1 aromatic rings. The Kier molecular flexibility index (Phi) is 5.59. The Morgan fingerprint density at radius 3 is 2.04 bits per heavy atom. The van der Waals surface area contributed by atoms with Gasteiger partial charge in [-0.1, -0.05) is 31.9 Å². The fourth-order valence-corrected chi connectivity index (χ4v) is 4.83. The van der Waals surface area contributed by atoms with E-state index < -0.39 is 17.7 Å². The van der Waals surface area contributed by atoms with Gasteiger partial charge in [0.2, 0.25) is 0 Å². The monoisotopic (exact) mass is 340 g/mol. The van der Waals surface area contributed by atoms with E-state index in [9.17, 15) is 13.9 Å². The summed E-state index contributed by atoms with van der Waals surface area (Å²) in [6, 6.07) is 3.11. The third-order valence-electron chi connectivity index (χ3n) is 6.61. The topological polar surface area (TPSA) is 20.2 Å². The van der Waals surface area contributed by atoms with Gasteiger partial charge in [0.1, 0.15) is 0 Å². The van der Waals surface area contributed by atoms with Gasteiger partial charge in [-0.15, -0.1) is 0 Å². The maximum Gasteiger partial charge on any atom is 0.164 e. The van der Waals surface area contributed by atoms with Crippen molar-refractivity contribution < 1.29 is 16.7 Å². The van der Waals surface area contributed by atoms with E-state index in [4.69, 9.17) is 0 Å². The van der Waals surface area contributed by atoms with Crippen LogP contribution in [0, 0.1) is 42.2 Å². The summed E-state index contributed by atoms with van der Waals surface area (Å²) in [5, 5.41) is 10.6. The molecule has 2 aliphatic carbocycles. The maximum atomic E-state index is 14.1. The molecular weight excluding hydrogens is 306 g/mol. The number of aliphatic hydroxyl groups excluding tert-OH is 1. The van der Waals surface area contributed by atoms with Crippen molar-refractivity contribution in [2.45, 2.75) is 71.3 Å². The zero-order valence-corrected chi connectivity index (χ0v) is 14.9. The molecule has 24 heavy (non-hydrogen) atoms. The van der Waals surface area contributed by atoms with Crippen LogP contribution in [0.2, 0.25) is 0 Å². The molecule has 1 atom stereocenters. The van der Waals surface area contributed by atoms with Gasteiger partial charge in [0.05, 0.1) is 6.10 Å². The molecule has 0 bridgehead atoms. The maximum absolute atomic E-state index is 14.1. The van der Waals surface area contributed by atoms with E-state index in [2.05, 4.69) is 6.92 Å². The first-order valence-corrected chi connectivity index (χ1v) is 9.60. The predicted molar refractivity (Wildman–Crippen MR) is 96.9 cm³/mol. The van der Waals surface area contributed by atoms with Crippen LogP contribution in [0.4, 0.5) is 8.78 Å². The lowest BCUT2D eigenvalue weighted by Gasteiger charge is -2.38. The van der Waals surface area contributed by atoms with Crippen LogP contribution in [0.1, 0.15) is 78.4 Å². The standard InChI is InChI=1S/C21H30F2O.2H2/c1-13-3-6-15(7-4-13)16-8-10-17(11-9-16)21(24)18-12-5-14(2)19(22)20(18)23;;/h5,12-13,15-17,21,24H,3-4,6-11H2,1-2H3;2*1H. The summed E-state index contributed by atoms with van der Waals surface area (Å²) in [6.07, 6.45) is 8.59. The number of hydrogen-bond donors (Lipinski definition) is 1. The molecule has 1 unspecified atom stereocenters. The first kappa shape index (κ1) is 17.8. The molecule has 0 saturated heterocycles. The van der Waals surface area contributed by atoms with E-state index in [1.54, 1.807) is 19.1 Å². The summed E-state index contributed by atoms with van der Waals surface area (Å²) in [5.41, 5.74) is 0.423. The van der Waals surface area contributed by atoms with Crippen LogP contribution in [-0.4, -0.2) is 5.11 Å². The molecule has 1 nitrogen and oxygen atoms in total. The highest BCUT2D eigenvalue weighted by Gasteiger charge is 2.33. The molecule has 3 rings (SSSR count). The van der Waals surface area contributed by atoms with Gasteiger partial charge >= 0.3 is 0 Å². The highest BCUT2D eigenvalue weighted by atomic mass is 19.2. The number of halogens is 2. The number of benzene rings is 1. The Morgan fingerprint density at radius 2 is 1.46 bits per heavy atom. The fourth-order valence-electron chi connectivity index (χ4n) is 4.83. The molecule has 3 heteroatoms. The smallest absolute Gasteiger partial charge is 0.164 e. The molecule has 2 aliphatic rings. The summed E-state index contributed by atoms with van der Waals surface area (Å²) >= 11 is 0. The molecule has 0 amide bonds. The van der Waals surface area contributed by atoms with Gasteiger partial charge in [-0.25, -0.2) is 8.78 Å². The molecule has 0 aliphatic heterocycles. The van der Waals surface area contributed by atoms with E-state index in [0.29, 0.717) is 5.56 Å². The van der Waals surface area contributed by atoms with Gasteiger partial charge in [0, 0.05) is 8.42 Å². The quantitative estimate of drug-likeness (QED) is 0.672. The lowest BCUT2D eigenvalue weighted by molar-refractivity contribution is 0.0544. The first-order valence-electron chi connectivity index (χ1n) is 9.60. The van der Waals surface area contributed by atoms with Crippen molar-refractivity contribution in [3.63, 3.8) is 0 Å². The zero-order valence-electron chi connectivity index (χ0n) is 14.9. The van der Waals surface area contributed by atoms with E-state index in [1.165, 1.54) is 25.7 Å². The van der Waals surface area contributed by atoms with Gasteiger partial charge in [-0.3, -0.25) is 0 Å². The van der Waals surface area contributed by atoms with Crippen LogP contribution < -0.4 is 0 Å². The Labute approximate surface area is 147 Å². The van der Waals surface area contributed by atoms with Crippen molar-refractivity contribution in [2.24, 2.45) is 23.7 Å². The van der Waals surface area contributed by atoms with Crippen LogP contribution in [0.15, 0.2) is 12.1 Å². The van der Waals surface area contributed by atoms with Crippen molar-refractivity contribution in [1.29, 1.82) is 0 Å². The summed E-state index contributed by atoms with van der Waals surface area (Å²) in [5.74, 6) is 0.843. The molecular formula is C21H34F2O. The predicted octanol–water partition coefficient (Wildman–Crippen LogP) is 6.43. The lowest BCUT2D eigenvalue weighted by Crippen LogP contribution is -2.27. The van der Waals surface area contributed by atoms with Gasteiger partial charge in [-0.05, 0) is 74.7 Å². The number of aliphatic hydroxyl groups is 1.